The zero-order valence-corrected chi connectivity index (χ0v) is 11.5. The van der Waals surface area contributed by atoms with E-state index in [9.17, 15) is 13.2 Å². The number of hydrogen-bond acceptors (Lipinski definition) is 2. The molecule has 0 aliphatic heterocycles. The maximum absolute atomic E-state index is 12.4. The van der Waals surface area contributed by atoms with Crippen LogP contribution in [0.2, 0.25) is 5.02 Å². The zero-order valence-electron chi connectivity index (χ0n) is 10.7. The van der Waals surface area contributed by atoms with Crippen molar-refractivity contribution in [2.24, 2.45) is 0 Å². The number of rotatable bonds is 3. The quantitative estimate of drug-likeness (QED) is 0.880. The summed E-state index contributed by atoms with van der Waals surface area (Å²) in [4.78, 5) is 0. The van der Waals surface area contributed by atoms with Gasteiger partial charge < -0.3 is 5.32 Å². The third-order valence-electron chi connectivity index (χ3n) is 2.89. The van der Waals surface area contributed by atoms with Crippen LogP contribution in [0.4, 0.5) is 18.9 Å². The molecule has 0 unspecified atom stereocenters. The van der Waals surface area contributed by atoms with Crippen molar-refractivity contribution in [1.29, 1.82) is 5.26 Å². The van der Waals surface area contributed by atoms with Crippen molar-refractivity contribution in [3.63, 3.8) is 0 Å². The summed E-state index contributed by atoms with van der Waals surface area (Å²) in [5.74, 6) is 0. The van der Waals surface area contributed by atoms with Crippen molar-refractivity contribution in [3.8, 4) is 6.07 Å². The molecule has 2 aromatic carbocycles. The third-order valence-corrected chi connectivity index (χ3v) is 3.20. The monoisotopic (exact) mass is 310 g/mol. The van der Waals surface area contributed by atoms with Crippen molar-refractivity contribution in [2.45, 2.75) is 12.7 Å². The number of alkyl halides is 3. The zero-order chi connectivity index (χ0) is 15.5. The maximum atomic E-state index is 12.4. The predicted octanol–water partition coefficient (Wildman–Crippen LogP) is 4.84. The minimum Gasteiger partial charge on any atom is -0.380 e. The molecule has 2 rings (SSSR count). The molecule has 21 heavy (non-hydrogen) atoms. The van der Waals surface area contributed by atoms with Gasteiger partial charge in [0.05, 0.1) is 21.8 Å². The van der Waals surface area contributed by atoms with Gasteiger partial charge in [0.2, 0.25) is 0 Å². The molecule has 108 valence electrons. The number of nitriles is 1. The fraction of sp³-hybridized carbons (Fsp3) is 0.133. The molecule has 0 aromatic heterocycles. The second-order valence-electron chi connectivity index (χ2n) is 4.32. The number of nitrogens with one attached hydrogen (secondary N) is 1. The summed E-state index contributed by atoms with van der Waals surface area (Å²) in [5.41, 5.74) is 0.842. The standard InChI is InChI=1S/C15H10ClF3N2/c16-13-2-1-3-14(12(13)8-20)21-9-10-4-6-11(7-5-10)15(17,18)19/h1-7,21H,9H2. The maximum Gasteiger partial charge on any atom is 0.416 e. The minimum atomic E-state index is -4.34. The van der Waals surface area contributed by atoms with E-state index in [4.69, 9.17) is 16.9 Å². The van der Waals surface area contributed by atoms with Crippen LogP contribution in [-0.2, 0) is 12.7 Å². The SMILES string of the molecule is N#Cc1c(Cl)cccc1NCc1ccc(C(F)(F)F)cc1. The van der Waals surface area contributed by atoms with E-state index in [0.717, 1.165) is 12.1 Å². The van der Waals surface area contributed by atoms with Gasteiger partial charge in [-0.1, -0.05) is 29.8 Å². The van der Waals surface area contributed by atoms with E-state index in [2.05, 4.69) is 5.32 Å². The molecule has 6 heteroatoms. The molecule has 0 bridgehead atoms. The lowest BCUT2D eigenvalue weighted by molar-refractivity contribution is -0.137. The number of halogens is 4. The first kappa shape index (κ1) is 15.2. The average molecular weight is 311 g/mol. The van der Waals surface area contributed by atoms with Gasteiger partial charge >= 0.3 is 6.18 Å². The molecule has 0 aliphatic rings. The van der Waals surface area contributed by atoms with Crippen LogP contribution in [0.15, 0.2) is 42.5 Å². The lowest BCUT2D eigenvalue weighted by atomic mass is 10.1. The van der Waals surface area contributed by atoms with E-state index in [-0.39, 0.29) is 0 Å². The lowest BCUT2D eigenvalue weighted by Gasteiger charge is -2.10. The summed E-state index contributed by atoms with van der Waals surface area (Å²) < 4.78 is 37.3. The summed E-state index contributed by atoms with van der Waals surface area (Å²) in [5, 5.41) is 12.3. The van der Waals surface area contributed by atoms with Crippen LogP contribution < -0.4 is 5.32 Å². The molecule has 1 N–H and O–H groups in total. The molecule has 2 nitrogen and oxygen atoms in total. The first-order valence-corrected chi connectivity index (χ1v) is 6.38. The fourth-order valence-corrected chi connectivity index (χ4v) is 2.01. The Balaban J connectivity index is 2.11. The van der Waals surface area contributed by atoms with Gasteiger partial charge in [0.15, 0.2) is 0 Å². The Kier molecular flexibility index (Phi) is 4.39. The topological polar surface area (TPSA) is 35.8 Å². The normalized spacial score (nSPS) is 11.0. The van der Waals surface area contributed by atoms with Crippen molar-refractivity contribution in [2.75, 3.05) is 5.32 Å². The summed E-state index contributed by atoms with van der Waals surface area (Å²) in [6.07, 6.45) is -4.34. The molecule has 0 atom stereocenters. The molecule has 0 heterocycles. The van der Waals surface area contributed by atoms with Gasteiger partial charge in [-0.05, 0) is 29.8 Å². The largest absolute Gasteiger partial charge is 0.416 e. The van der Waals surface area contributed by atoms with Crippen LogP contribution in [0, 0.1) is 11.3 Å². The van der Waals surface area contributed by atoms with Crippen molar-refractivity contribution in [3.05, 3.63) is 64.2 Å². The van der Waals surface area contributed by atoms with Gasteiger partial charge in [-0.2, -0.15) is 18.4 Å². The Labute approximate surface area is 124 Å². The summed E-state index contributed by atoms with van der Waals surface area (Å²) in [6, 6.07) is 11.8. The number of benzene rings is 2. The highest BCUT2D eigenvalue weighted by molar-refractivity contribution is 6.32. The average Bonchev–Trinajstić information content (AvgIpc) is 2.44. The van der Waals surface area contributed by atoms with Crippen LogP contribution in [0.25, 0.3) is 0 Å². The molecule has 0 fully saturated rings. The second kappa shape index (κ2) is 6.06. The summed E-state index contributed by atoms with van der Waals surface area (Å²) >= 11 is 5.89. The smallest absolute Gasteiger partial charge is 0.380 e. The van der Waals surface area contributed by atoms with Crippen molar-refractivity contribution < 1.29 is 13.2 Å². The minimum absolute atomic E-state index is 0.299. The first-order valence-electron chi connectivity index (χ1n) is 6.00. The van der Waals surface area contributed by atoms with E-state index in [1.807, 2.05) is 6.07 Å². The van der Waals surface area contributed by atoms with E-state index >= 15 is 0 Å². The van der Waals surface area contributed by atoms with Gasteiger partial charge in [-0.25, -0.2) is 0 Å². The van der Waals surface area contributed by atoms with Crippen LogP contribution >= 0.6 is 11.6 Å². The third kappa shape index (κ3) is 3.67. The Morgan fingerprint density at radius 2 is 1.76 bits per heavy atom. The summed E-state index contributed by atoms with van der Waals surface area (Å²) in [6.45, 7) is 0.299. The second-order valence-corrected chi connectivity index (χ2v) is 4.73. The highest BCUT2D eigenvalue weighted by Gasteiger charge is 2.29. The Hall–Kier alpha value is -2.19. The molecule has 0 spiro atoms. The molecular weight excluding hydrogens is 301 g/mol. The van der Waals surface area contributed by atoms with Gasteiger partial charge in [0, 0.05) is 6.54 Å². The Bertz CT molecular complexity index is 673. The number of nitrogens with zero attached hydrogens (tertiary/aromatic N) is 1. The van der Waals surface area contributed by atoms with E-state index in [1.54, 1.807) is 18.2 Å². The van der Waals surface area contributed by atoms with Crippen molar-refractivity contribution >= 4 is 17.3 Å². The highest BCUT2D eigenvalue weighted by Crippen LogP contribution is 2.29. The van der Waals surface area contributed by atoms with Crippen molar-refractivity contribution in [1.82, 2.24) is 0 Å². The van der Waals surface area contributed by atoms with Gasteiger partial charge in [-0.15, -0.1) is 0 Å². The number of anilines is 1. The molecule has 0 saturated heterocycles. The molecule has 0 radical (unpaired) electrons. The molecule has 0 amide bonds. The van der Waals surface area contributed by atoms with Crippen LogP contribution in [0.1, 0.15) is 16.7 Å². The lowest BCUT2D eigenvalue weighted by Crippen LogP contribution is -2.06. The predicted molar refractivity (Wildman–Crippen MR) is 74.9 cm³/mol. The van der Waals surface area contributed by atoms with Crippen LogP contribution in [0.3, 0.4) is 0 Å². The summed E-state index contributed by atoms with van der Waals surface area (Å²) in [7, 11) is 0. The van der Waals surface area contributed by atoms with E-state index < -0.39 is 11.7 Å². The molecule has 0 aliphatic carbocycles. The molecule has 0 saturated carbocycles. The molecule has 2 aromatic rings. The fourth-order valence-electron chi connectivity index (χ4n) is 1.79. The highest BCUT2D eigenvalue weighted by atomic mass is 35.5. The van der Waals surface area contributed by atoms with Gasteiger partial charge in [0.1, 0.15) is 6.07 Å². The Morgan fingerprint density at radius 3 is 2.33 bits per heavy atom. The first-order chi connectivity index (χ1) is 9.91. The van der Waals surface area contributed by atoms with E-state index in [0.29, 0.717) is 28.4 Å². The van der Waals surface area contributed by atoms with Gasteiger partial charge in [0.25, 0.3) is 0 Å². The molecular formula is C15H10ClF3N2. The Morgan fingerprint density at radius 1 is 1.10 bits per heavy atom. The van der Waals surface area contributed by atoms with Gasteiger partial charge in [-0.3, -0.25) is 0 Å². The number of hydrogen-bond donors (Lipinski definition) is 1. The van der Waals surface area contributed by atoms with E-state index in [1.165, 1.54) is 12.1 Å². The van der Waals surface area contributed by atoms with Crippen LogP contribution in [0.5, 0.6) is 0 Å². The van der Waals surface area contributed by atoms with Crippen LogP contribution in [-0.4, -0.2) is 0 Å².